The number of carbonyl (C=O) groups is 1. The first-order valence-electron chi connectivity index (χ1n) is 8.36. The van der Waals surface area contributed by atoms with Crippen molar-refractivity contribution in [2.45, 2.75) is 66.2 Å². The molecule has 0 aromatic heterocycles. The molecule has 3 N–H and O–H groups in total. The summed E-state index contributed by atoms with van der Waals surface area (Å²) in [6, 6.07) is 0. The number of rotatable bonds is 6. The average molecular weight is 282 g/mol. The standard InChI is InChI=1S/C17H34N2O/c1-5-13(10-11-18)12-19-16(20)14-6-8-15(9-7-14)17(2,3)4/h13-15H,5-12,18H2,1-4H3,(H,19,20). The summed E-state index contributed by atoms with van der Waals surface area (Å²) >= 11 is 0. The lowest BCUT2D eigenvalue weighted by Crippen LogP contribution is -2.37. The monoisotopic (exact) mass is 282 g/mol. The van der Waals surface area contributed by atoms with Crippen LogP contribution in [0.15, 0.2) is 0 Å². The molecule has 1 amide bonds. The highest BCUT2D eigenvalue weighted by atomic mass is 16.1. The Balaban J connectivity index is 2.32. The summed E-state index contributed by atoms with van der Waals surface area (Å²) in [6.07, 6.45) is 6.61. The molecule has 0 spiro atoms. The Morgan fingerprint density at radius 2 is 1.85 bits per heavy atom. The van der Waals surface area contributed by atoms with E-state index < -0.39 is 0 Å². The van der Waals surface area contributed by atoms with Crippen LogP contribution in [0.3, 0.4) is 0 Å². The highest BCUT2D eigenvalue weighted by Crippen LogP contribution is 2.39. The molecule has 1 aliphatic rings. The molecule has 1 rings (SSSR count). The van der Waals surface area contributed by atoms with Crippen molar-refractivity contribution in [3.63, 3.8) is 0 Å². The molecule has 0 heterocycles. The molecule has 1 unspecified atom stereocenters. The van der Waals surface area contributed by atoms with E-state index in [1.807, 2.05) is 0 Å². The zero-order chi connectivity index (χ0) is 15.2. The lowest BCUT2D eigenvalue weighted by molar-refractivity contribution is -0.126. The Kier molecular flexibility index (Phi) is 7.01. The van der Waals surface area contributed by atoms with E-state index in [9.17, 15) is 4.79 Å². The summed E-state index contributed by atoms with van der Waals surface area (Å²) in [7, 11) is 0. The van der Waals surface area contributed by atoms with E-state index in [1.54, 1.807) is 0 Å². The number of amides is 1. The van der Waals surface area contributed by atoms with Gasteiger partial charge in [-0.15, -0.1) is 0 Å². The van der Waals surface area contributed by atoms with E-state index in [4.69, 9.17) is 5.73 Å². The Hall–Kier alpha value is -0.570. The van der Waals surface area contributed by atoms with Gasteiger partial charge < -0.3 is 11.1 Å². The van der Waals surface area contributed by atoms with E-state index in [0.29, 0.717) is 17.9 Å². The molecule has 118 valence electrons. The van der Waals surface area contributed by atoms with Gasteiger partial charge in [0.1, 0.15) is 0 Å². The molecule has 0 bridgehead atoms. The maximum absolute atomic E-state index is 12.2. The first-order valence-corrected chi connectivity index (χ1v) is 8.36. The van der Waals surface area contributed by atoms with E-state index in [1.165, 1.54) is 12.8 Å². The summed E-state index contributed by atoms with van der Waals surface area (Å²) in [6.45, 7) is 10.6. The van der Waals surface area contributed by atoms with Gasteiger partial charge in [-0.1, -0.05) is 34.1 Å². The molecule has 20 heavy (non-hydrogen) atoms. The van der Waals surface area contributed by atoms with Gasteiger partial charge in [-0.2, -0.15) is 0 Å². The Morgan fingerprint density at radius 3 is 2.30 bits per heavy atom. The van der Waals surface area contributed by atoms with Crippen LogP contribution in [0, 0.1) is 23.2 Å². The molecule has 1 saturated carbocycles. The van der Waals surface area contributed by atoms with Crippen molar-refractivity contribution >= 4 is 5.91 Å². The molecule has 1 atom stereocenters. The quantitative estimate of drug-likeness (QED) is 0.785. The summed E-state index contributed by atoms with van der Waals surface area (Å²) in [5.74, 6) is 1.82. The third-order valence-corrected chi connectivity index (χ3v) is 5.04. The highest BCUT2D eigenvalue weighted by molar-refractivity contribution is 5.78. The van der Waals surface area contributed by atoms with Crippen LogP contribution in [0.5, 0.6) is 0 Å². The number of nitrogens with one attached hydrogen (secondary N) is 1. The first kappa shape index (κ1) is 17.5. The van der Waals surface area contributed by atoms with Crippen LogP contribution < -0.4 is 11.1 Å². The van der Waals surface area contributed by atoms with Gasteiger partial charge in [-0.25, -0.2) is 0 Å². The average Bonchev–Trinajstić information content (AvgIpc) is 2.42. The maximum atomic E-state index is 12.2. The van der Waals surface area contributed by atoms with Crippen LogP contribution in [-0.4, -0.2) is 19.0 Å². The van der Waals surface area contributed by atoms with Crippen LogP contribution in [0.2, 0.25) is 0 Å². The topological polar surface area (TPSA) is 55.1 Å². The van der Waals surface area contributed by atoms with Crippen molar-refractivity contribution in [2.75, 3.05) is 13.1 Å². The summed E-state index contributed by atoms with van der Waals surface area (Å²) < 4.78 is 0. The molecular weight excluding hydrogens is 248 g/mol. The SMILES string of the molecule is CCC(CCN)CNC(=O)C1CCC(C(C)(C)C)CC1. The van der Waals surface area contributed by atoms with Crippen LogP contribution in [0.25, 0.3) is 0 Å². The van der Waals surface area contributed by atoms with Crippen molar-refractivity contribution < 1.29 is 4.79 Å². The zero-order valence-electron chi connectivity index (χ0n) is 13.9. The second-order valence-electron chi connectivity index (χ2n) is 7.51. The summed E-state index contributed by atoms with van der Waals surface area (Å²) in [5.41, 5.74) is 5.98. The molecule has 3 nitrogen and oxygen atoms in total. The minimum atomic E-state index is 0.240. The lowest BCUT2D eigenvalue weighted by atomic mass is 9.69. The molecule has 0 radical (unpaired) electrons. The Labute approximate surface area is 125 Å². The highest BCUT2D eigenvalue weighted by Gasteiger charge is 2.32. The maximum Gasteiger partial charge on any atom is 0.223 e. The number of hydrogen-bond donors (Lipinski definition) is 2. The van der Waals surface area contributed by atoms with E-state index >= 15 is 0 Å². The molecule has 1 aliphatic carbocycles. The normalized spacial score (nSPS) is 25.2. The third kappa shape index (κ3) is 5.43. The van der Waals surface area contributed by atoms with Gasteiger partial charge in [0, 0.05) is 12.5 Å². The van der Waals surface area contributed by atoms with Crippen molar-refractivity contribution in [1.82, 2.24) is 5.32 Å². The summed E-state index contributed by atoms with van der Waals surface area (Å²) in [5, 5.41) is 3.15. The van der Waals surface area contributed by atoms with Crippen LogP contribution in [0.1, 0.15) is 66.2 Å². The van der Waals surface area contributed by atoms with Crippen molar-refractivity contribution in [1.29, 1.82) is 0 Å². The molecule has 1 fully saturated rings. The fourth-order valence-corrected chi connectivity index (χ4v) is 3.30. The number of nitrogens with two attached hydrogens (primary N) is 1. The number of hydrogen-bond acceptors (Lipinski definition) is 2. The van der Waals surface area contributed by atoms with Crippen LogP contribution in [0.4, 0.5) is 0 Å². The van der Waals surface area contributed by atoms with Crippen LogP contribution in [-0.2, 0) is 4.79 Å². The van der Waals surface area contributed by atoms with Crippen molar-refractivity contribution in [3.8, 4) is 0 Å². The predicted octanol–water partition coefficient (Wildman–Crippen LogP) is 3.33. The predicted molar refractivity (Wildman–Crippen MR) is 85.4 cm³/mol. The fraction of sp³-hybridized carbons (Fsp3) is 0.941. The van der Waals surface area contributed by atoms with Crippen LogP contribution >= 0.6 is 0 Å². The van der Waals surface area contributed by atoms with Gasteiger partial charge in [0.15, 0.2) is 0 Å². The zero-order valence-corrected chi connectivity index (χ0v) is 13.9. The van der Waals surface area contributed by atoms with Crippen molar-refractivity contribution in [2.24, 2.45) is 28.9 Å². The molecule has 0 aromatic carbocycles. The molecular formula is C17H34N2O. The third-order valence-electron chi connectivity index (χ3n) is 5.04. The largest absolute Gasteiger partial charge is 0.356 e. The molecule has 0 saturated heterocycles. The van der Waals surface area contributed by atoms with Gasteiger partial charge in [-0.05, 0) is 55.9 Å². The van der Waals surface area contributed by atoms with Gasteiger partial charge in [-0.3, -0.25) is 4.79 Å². The minimum Gasteiger partial charge on any atom is -0.356 e. The van der Waals surface area contributed by atoms with E-state index in [2.05, 4.69) is 33.0 Å². The number of carbonyl (C=O) groups excluding carboxylic acids is 1. The Bertz CT molecular complexity index is 288. The molecule has 0 aliphatic heterocycles. The van der Waals surface area contributed by atoms with Gasteiger partial charge in [0.25, 0.3) is 0 Å². The minimum absolute atomic E-state index is 0.240. The van der Waals surface area contributed by atoms with Crippen molar-refractivity contribution in [3.05, 3.63) is 0 Å². The van der Waals surface area contributed by atoms with Gasteiger partial charge in [0.05, 0.1) is 0 Å². The lowest BCUT2D eigenvalue weighted by Gasteiger charge is -2.36. The second kappa shape index (κ2) is 8.02. The fourth-order valence-electron chi connectivity index (χ4n) is 3.30. The van der Waals surface area contributed by atoms with Gasteiger partial charge in [0.2, 0.25) is 5.91 Å². The second-order valence-corrected chi connectivity index (χ2v) is 7.51. The smallest absolute Gasteiger partial charge is 0.223 e. The van der Waals surface area contributed by atoms with Gasteiger partial charge >= 0.3 is 0 Å². The molecule has 3 heteroatoms. The van der Waals surface area contributed by atoms with E-state index in [-0.39, 0.29) is 11.8 Å². The molecule has 0 aromatic rings. The van der Waals surface area contributed by atoms with E-state index in [0.717, 1.165) is 38.1 Å². The summed E-state index contributed by atoms with van der Waals surface area (Å²) in [4.78, 5) is 12.2. The first-order chi connectivity index (χ1) is 9.38. The Morgan fingerprint density at radius 1 is 1.25 bits per heavy atom.